The summed E-state index contributed by atoms with van der Waals surface area (Å²) in [5.74, 6) is 1.99. The summed E-state index contributed by atoms with van der Waals surface area (Å²) >= 11 is 0. The molecule has 4 rings (SSSR count). The Morgan fingerprint density at radius 1 is 1.09 bits per heavy atom. The van der Waals surface area contributed by atoms with Gasteiger partial charge in [0, 0.05) is 32.7 Å². The molecule has 0 saturated carbocycles. The summed E-state index contributed by atoms with van der Waals surface area (Å²) in [7, 11) is 0. The zero-order chi connectivity index (χ0) is 15.8. The topological polar surface area (TPSA) is 56.9 Å². The summed E-state index contributed by atoms with van der Waals surface area (Å²) in [4.78, 5) is 14.0. The van der Waals surface area contributed by atoms with Crippen molar-refractivity contribution >= 4 is 22.4 Å². The number of piperazine rings is 1. The van der Waals surface area contributed by atoms with Crippen LogP contribution in [0.5, 0.6) is 0 Å². The molecule has 0 bridgehead atoms. The molecule has 1 aliphatic rings. The van der Waals surface area contributed by atoms with Crippen molar-refractivity contribution in [3.8, 4) is 0 Å². The highest BCUT2D eigenvalue weighted by atomic mass is 16.3. The number of aliphatic hydroxyl groups is 1. The molecule has 0 radical (unpaired) electrons. The molecular formula is C17H21N5O. The summed E-state index contributed by atoms with van der Waals surface area (Å²) in [5.41, 5.74) is 3.16. The number of imidazole rings is 1. The molecule has 6 nitrogen and oxygen atoms in total. The van der Waals surface area contributed by atoms with Crippen molar-refractivity contribution in [1.29, 1.82) is 0 Å². The monoisotopic (exact) mass is 311 g/mol. The van der Waals surface area contributed by atoms with Crippen LogP contribution in [0.1, 0.15) is 5.82 Å². The summed E-state index contributed by atoms with van der Waals surface area (Å²) in [6.45, 7) is 6.75. The third-order valence-electron chi connectivity index (χ3n) is 4.60. The van der Waals surface area contributed by atoms with E-state index < -0.39 is 0 Å². The number of β-amino-alcohol motifs (C(OH)–C–C–N with tert-alkyl or cyclic N) is 1. The van der Waals surface area contributed by atoms with Crippen LogP contribution in [0, 0.1) is 6.92 Å². The largest absolute Gasteiger partial charge is 0.395 e. The van der Waals surface area contributed by atoms with Crippen LogP contribution in [0.4, 0.5) is 5.82 Å². The fourth-order valence-electron chi connectivity index (χ4n) is 3.38. The number of rotatable bonds is 3. The Labute approximate surface area is 135 Å². The highest BCUT2D eigenvalue weighted by Crippen LogP contribution is 2.26. The number of hydrogen-bond acceptors (Lipinski definition) is 5. The first-order valence-corrected chi connectivity index (χ1v) is 8.09. The fraction of sp³-hybridized carbons (Fsp3) is 0.412. The molecule has 1 N–H and O–H groups in total. The van der Waals surface area contributed by atoms with E-state index in [0.29, 0.717) is 0 Å². The fourth-order valence-corrected chi connectivity index (χ4v) is 3.38. The minimum atomic E-state index is 0.223. The van der Waals surface area contributed by atoms with E-state index in [4.69, 9.17) is 10.1 Å². The lowest BCUT2D eigenvalue weighted by molar-refractivity contribution is 0.188. The van der Waals surface area contributed by atoms with Crippen LogP contribution in [-0.4, -0.2) is 63.7 Å². The third kappa shape index (κ3) is 2.44. The first kappa shape index (κ1) is 14.4. The number of aromatic nitrogens is 3. The average molecular weight is 311 g/mol. The van der Waals surface area contributed by atoms with Crippen LogP contribution in [0.25, 0.3) is 16.6 Å². The van der Waals surface area contributed by atoms with Gasteiger partial charge in [0.05, 0.1) is 23.8 Å². The Hall–Kier alpha value is -2.18. The van der Waals surface area contributed by atoms with Crippen molar-refractivity contribution in [2.75, 3.05) is 44.2 Å². The van der Waals surface area contributed by atoms with E-state index in [9.17, 15) is 0 Å². The van der Waals surface area contributed by atoms with E-state index in [1.165, 1.54) is 0 Å². The number of nitrogens with zero attached hydrogens (tertiary/aromatic N) is 5. The first-order valence-electron chi connectivity index (χ1n) is 8.09. The third-order valence-corrected chi connectivity index (χ3v) is 4.60. The van der Waals surface area contributed by atoms with Crippen LogP contribution in [-0.2, 0) is 0 Å². The predicted octanol–water partition coefficient (Wildman–Crippen LogP) is 1.31. The highest BCUT2D eigenvalue weighted by molar-refractivity contribution is 5.85. The van der Waals surface area contributed by atoms with Crippen molar-refractivity contribution in [2.45, 2.75) is 6.92 Å². The van der Waals surface area contributed by atoms with E-state index in [0.717, 1.165) is 60.9 Å². The molecule has 1 saturated heterocycles. The quantitative estimate of drug-likeness (QED) is 0.790. The number of aryl methyl sites for hydroxylation is 1. The molecule has 0 atom stereocenters. The Bertz CT molecular complexity index is 835. The molecule has 23 heavy (non-hydrogen) atoms. The molecular weight excluding hydrogens is 290 g/mol. The minimum Gasteiger partial charge on any atom is -0.395 e. The van der Waals surface area contributed by atoms with Crippen molar-refractivity contribution < 1.29 is 5.11 Å². The summed E-state index contributed by atoms with van der Waals surface area (Å²) in [6.07, 6.45) is 1.92. The van der Waals surface area contributed by atoms with Gasteiger partial charge in [-0.15, -0.1) is 0 Å². The number of benzene rings is 1. The first-order chi connectivity index (χ1) is 11.3. The van der Waals surface area contributed by atoms with Crippen LogP contribution >= 0.6 is 0 Å². The van der Waals surface area contributed by atoms with Gasteiger partial charge in [0.25, 0.3) is 0 Å². The maximum absolute atomic E-state index is 9.08. The summed E-state index contributed by atoms with van der Waals surface area (Å²) in [5, 5.41) is 9.08. The Balaban J connectivity index is 1.77. The second kappa shape index (κ2) is 5.79. The van der Waals surface area contributed by atoms with Crippen LogP contribution < -0.4 is 4.90 Å². The van der Waals surface area contributed by atoms with Gasteiger partial charge in [0.1, 0.15) is 11.3 Å². The lowest BCUT2D eigenvalue weighted by Crippen LogP contribution is -2.47. The van der Waals surface area contributed by atoms with Gasteiger partial charge < -0.3 is 10.0 Å². The van der Waals surface area contributed by atoms with E-state index in [2.05, 4.69) is 31.3 Å². The van der Waals surface area contributed by atoms with Gasteiger partial charge in [-0.25, -0.2) is 9.97 Å². The second-order valence-corrected chi connectivity index (χ2v) is 6.00. The summed E-state index contributed by atoms with van der Waals surface area (Å²) < 4.78 is 2.19. The van der Waals surface area contributed by atoms with Gasteiger partial charge in [-0.3, -0.25) is 9.30 Å². The smallest absolute Gasteiger partial charge is 0.155 e. The molecule has 1 aliphatic heterocycles. The van der Waals surface area contributed by atoms with Crippen molar-refractivity contribution in [1.82, 2.24) is 19.3 Å². The van der Waals surface area contributed by atoms with Crippen LogP contribution in [0.2, 0.25) is 0 Å². The number of para-hydroxylation sites is 2. The maximum atomic E-state index is 9.08. The Morgan fingerprint density at radius 3 is 2.65 bits per heavy atom. The number of hydrogen-bond donors (Lipinski definition) is 1. The summed E-state index contributed by atoms with van der Waals surface area (Å²) in [6, 6.07) is 8.21. The molecule has 120 valence electrons. The average Bonchev–Trinajstić information content (AvgIpc) is 2.98. The van der Waals surface area contributed by atoms with Crippen LogP contribution in [0.15, 0.2) is 30.5 Å². The molecule has 1 aromatic carbocycles. The zero-order valence-corrected chi connectivity index (χ0v) is 13.3. The van der Waals surface area contributed by atoms with Gasteiger partial charge in [-0.05, 0) is 19.1 Å². The number of aliphatic hydroxyl groups excluding tert-OH is 1. The van der Waals surface area contributed by atoms with Crippen LogP contribution in [0.3, 0.4) is 0 Å². The molecule has 1 fully saturated rings. The second-order valence-electron chi connectivity index (χ2n) is 6.00. The molecule has 3 heterocycles. The highest BCUT2D eigenvalue weighted by Gasteiger charge is 2.21. The van der Waals surface area contributed by atoms with Crippen molar-refractivity contribution in [3.05, 3.63) is 36.3 Å². The van der Waals surface area contributed by atoms with Crippen molar-refractivity contribution in [2.24, 2.45) is 0 Å². The SMILES string of the molecule is Cc1ncc2c(N3CCN(CCO)CC3)nc3ccccc3n12. The molecule has 0 amide bonds. The molecule has 0 aliphatic carbocycles. The standard InChI is InChI=1S/C17H21N5O/c1-13-18-12-16-17(21-8-6-20(7-9-21)10-11-23)19-14-4-2-3-5-15(14)22(13)16/h2-5,12,23H,6-11H2,1H3. The molecule has 2 aromatic heterocycles. The van der Waals surface area contributed by atoms with Crippen molar-refractivity contribution in [3.63, 3.8) is 0 Å². The van der Waals surface area contributed by atoms with E-state index >= 15 is 0 Å². The lowest BCUT2D eigenvalue weighted by atomic mass is 10.2. The van der Waals surface area contributed by atoms with E-state index in [1.807, 2.05) is 25.3 Å². The Kier molecular flexibility index (Phi) is 3.63. The van der Waals surface area contributed by atoms with E-state index in [-0.39, 0.29) is 6.61 Å². The lowest BCUT2D eigenvalue weighted by Gasteiger charge is -2.35. The molecule has 6 heteroatoms. The Morgan fingerprint density at radius 2 is 1.87 bits per heavy atom. The molecule has 3 aromatic rings. The molecule has 0 spiro atoms. The van der Waals surface area contributed by atoms with Gasteiger partial charge >= 0.3 is 0 Å². The van der Waals surface area contributed by atoms with Gasteiger partial charge in [-0.2, -0.15) is 0 Å². The van der Waals surface area contributed by atoms with Gasteiger partial charge in [-0.1, -0.05) is 12.1 Å². The van der Waals surface area contributed by atoms with Gasteiger partial charge in [0.2, 0.25) is 0 Å². The van der Waals surface area contributed by atoms with E-state index in [1.54, 1.807) is 0 Å². The molecule has 0 unspecified atom stereocenters. The maximum Gasteiger partial charge on any atom is 0.155 e. The number of anilines is 1. The normalized spacial score (nSPS) is 16.5. The van der Waals surface area contributed by atoms with Gasteiger partial charge in [0.15, 0.2) is 5.82 Å². The minimum absolute atomic E-state index is 0.223. The number of fused-ring (bicyclic) bond motifs is 3. The zero-order valence-electron chi connectivity index (χ0n) is 13.3. The predicted molar refractivity (Wildman–Crippen MR) is 91.0 cm³/mol.